The molecule has 0 radical (unpaired) electrons. The minimum atomic E-state index is -2.27. The fourth-order valence-electron chi connectivity index (χ4n) is 2.21. The molecule has 0 aromatic heterocycles. The van der Waals surface area contributed by atoms with E-state index in [1.165, 1.54) is 26.0 Å². The van der Waals surface area contributed by atoms with Crippen LogP contribution in [-0.4, -0.2) is 42.4 Å². The van der Waals surface area contributed by atoms with E-state index in [4.69, 9.17) is 21.1 Å². The highest BCUT2D eigenvalue weighted by atomic mass is 35.5. The molecule has 0 spiro atoms. The molecule has 0 aliphatic rings. The number of ether oxygens (including phenoxy) is 2. The Bertz CT molecular complexity index is 655. The maximum Gasteiger partial charge on any atom is 0.344 e. The molecule has 0 saturated heterocycles. The SMILES string of the molecule is CCOC(=O)C(CC(=O)c1ccccc1Cl)(NC(C)=O)C(=O)OCC. The number of hydrogen-bond donors (Lipinski definition) is 1. The molecule has 25 heavy (non-hydrogen) atoms. The quantitative estimate of drug-likeness (QED) is 0.427. The van der Waals surface area contributed by atoms with Crippen molar-refractivity contribution in [2.45, 2.75) is 32.7 Å². The summed E-state index contributed by atoms with van der Waals surface area (Å²) in [5.74, 6) is -3.43. The fourth-order valence-corrected chi connectivity index (χ4v) is 2.45. The number of ketones is 1. The zero-order valence-electron chi connectivity index (χ0n) is 14.3. The van der Waals surface area contributed by atoms with Gasteiger partial charge >= 0.3 is 11.9 Å². The molecule has 0 heterocycles. The summed E-state index contributed by atoms with van der Waals surface area (Å²) in [4.78, 5) is 49.1. The number of hydrogen-bond acceptors (Lipinski definition) is 6. The van der Waals surface area contributed by atoms with Gasteiger partial charge in [-0.2, -0.15) is 0 Å². The Morgan fingerprint density at radius 2 is 1.56 bits per heavy atom. The summed E-state index contributed by atoms with van der Waals surface area (Å²) >= 11 is 5.99. The van der Waals surface area contributed by atoms with Gasteiger partial charge in [0.1, 0.15) is 0 Å². The van der Waals surface area contributed by atoms with E-state index in [0.717, 1.165) is 6.92 Å². The van der Waals surface area contributed by atoms with Crippen LogP contribution in [0, 0.1) is 0 Å². The summed E-state index contributed by atoms with van der Waals surface area (Å²) in [5, 5.41) is 2.39. The standard InChI is InChI=1S/C17H20ClNO6/c1-4-24-15(22)17(19-11(3)20,16(23)25-5-2)10-14(21)12-8-6-7-9-13(12)18/h6-9H,4-5,10H2,1-3H3,(H,19,20). The van der Waals surface area contributed by atoms with Crippen LogP contribution in [-0.2, 0) is 23.9 Å². The summed E-state index contributed by atoms with van der Waals surface area (Å²) in [6, 6.07) is 6.19. The summed E-state index contributed by atoms with van der Waals surface area (Å²) in [7, 11) is 0. The number of carbonyl (C=O) groups excluding carboxylic acids is 4. The summed E-state index contributed by atoms with van der Waals surface area (Å²) in [6.45, 7) is 4.11. The predicted molar refractivity (Wildman–Crippen MR) is 90.2 cm³/mol. The predicted octanol–water partition coefficient (Wildman–Crippen LogP) is 1.91. The van der Waals surface area contributed by atoms with Crippen molar-refractivity contribution in [3.8, 4) is 0 Å². The molecule has 0 fully saturated rings. The Labute approximate surface area is 150 Å². The monoisotopic (exact) mass is 369 g/mol. The minimum Gasteiger partial charge on any atom is -0.464 e. The van der Waals surface area contributed by atoms with Crippen LogP contribution in [0.4, 0.5) is 0 Å². The van der Waals surface area contributed by atoms with Crippen molar-refractivity contribution >= 4 is 35.2 Å². The molecular formula is C17H20ClNO6. The summed E-state index contributed by atoms with van der Waals surface area (Å²) < 4.78 is 9.81. The maximum atomic E-state index is 12.6. The first-order chi connectivity index (χ1) is 11.8. The molecule has 136 valence electrons. The highest BCUT2D eigenvalue weighted by molar-refractivity contribution is 6.34. The highest BCUT2D eigenvalue weighted by Crippen LogP contribution is 2.23. The van der Waals surface area contributed by atoms with E-state index in [2.05, 4.69) is 5.32 Å². The van der Waals surface area contributed by atoms with Crippen LogP contribution in [0.25, 0.3) is 0 Å². The van der Waals surface area contributed by atoms with Crippen LogP contribution in [0.2, 0.25) is 5.02 Å². The van der Waals surface area contributed by atoms with Crippen LogP contribution in [0.3, 0.4) is 0 Å². The largest absolute Gasteiger partial charge is 0.464 e. The van der Waals surface area contributed by atoms with E-state index in [0.29, 0.717) is 0 Å². The second kappa shape index (κ2) is 9.17. The lowest BCUT2D eigenvalue weighted by Crippen LogP contribution is -2.62. The van der Waals surface area contributed by atoms with E-state index in [9.17, 15) is 19.2 Å². The van der Waals surface area contributed by atoms with Gasteiger partial charge in [0.15, 0.2) is 5.78 Å². The average molecular weight is 370 g/mol. The second-order valence-electron chi connectivity index (χ2n) is 5.11. The van der Waals surface area contributed by atoms with Gasteiger partial charge in [0.05, 0.1) is 24.7 Å². The minimum absolute atomic E-state index is 0.0418. The van der Waals surface area contributed by atoms with Crippen LogP contribution < -0.4 is 5.32 Å². The third-order valence-corrected chi connectivity index (χ3v) is 3.57. The van der Waals surface area contributed by atoms with Crippen LogP contribution in [0.15, 0.2) is 24.3 Å². The van der Waals surface area contributed by atoms with Crippen molar-refractivity contribution in [2.75, 3.05) is 13.2 Å². The third kappa shape index (κ3) is 5.03. The van der Waals surface area contributed by atoms with E-state index >= 15 is 0 Å². The Balaban J connectivity index is 3.34. The number of amides is 1. The van der Waals surface area contributed by atoms with Crippen LogP contribution in [0.5, 0.6) is 0 Å². The third-order valence-electron chi connectivity index (χ3n) is 3.24. The Morgan fingerprint density at radius 1 is 1.04 bits per heavy atom. The van der Waals surface area contributed by atoms with E-state index in [-0.39, 0.29) is 23.8 Å². The van der Waals surface area contributed by atoms with Crippen LogP contribution >= 0.6 is 11.6 Å². The van der Waals surface area contributed by atoms with Gasteiger partial charge in [-0.15, -0.1) is 0 Å². The van der Waals surface area contributed by atoms with Gasteiger partial charge < -0.3 is 14.8 Å². The lowest BCUT2D eigenvalue weighted by molar-refractivity contribution is -0.167. The van der Waals surface area contributed by atoms with E-state index in [1.54, 1.807) is 12.1 Å². The van der Waals surface area contributed by atoms with Crippen molar-refractivity contribution in [1.82, 2.24) is 5.32 Å². The maximum absolute atomic E-state index is 12.6. The molecule has 0 bridgehead atoms. The average Bonchev–Trinajstić information content (AvgIpc) is 2.54. The molecule has 1 N–H and O–H groups in total. The van der Waals surface area contributed by atoms with E-state index < -0.39 is 35.6 Å². The lowest BCUT2D eigenvalue weighted by Gasteiger charge is -2.29. The molecule has 1 rings (SSSR count). The number of Topliss-reactive ketones (excluding diaryl/α,β-unsaturated/α-hetero) is 1. The molecule has 8 heteroatoms. The van der Waals surface area contributed by atoms with Crippen molar-refractivity contribution in [3.63, 3.8) is 0 Å². The van der Waals surface area contributed by atoms with Gasteiger partial charge in [-0.05, 0) is 26.0 Å². The molecule has 1 aromatic carbocycles. The summed E-state index contributed by atoms with van der Waals surface area (Å²) in [6.07, 6.45) is -0.673. The Morgan fingerprint density at radius 3 is 2.00 bits per heavy atom. The number of halogens is 1. The molecule has 0 aliphatic heterocycles. The Kier molecular flexibility index (Phi) is 7.57. The van der Waals surface area contributed by atoms with Crippen molar-refractivity contribution < 1.29 is 28.7 Å². The fraction of sp³-hybridized carbons (Fsp3) is 0.412. The van der Waals surface area contributed by atoms with Gasteiger partial charge in [-0.1, -0.05) is 23.7 Å². The van der Waals surface area contributed by atoms with Gasteiger partial charge in [0.25, 0.3) is 0 Å². The molecule has 0 unspecified atom stereocenters. The zero-order chi connectivity index (χ0) is 19.0. The molecule has 0 atom stereocenters. The van der Waals surface area contributed by atoms with E-state index in [1.807, 2.05) is 0 Å². The number of esters is 2. The normalized spacial score (nSPS) is 10.7. The smallest absolute Gasteiger partial charge is 0.344 e. The van der Waals surface area contributed by atoms with Gasteiger partial charge in [0.2, 0.25) is 11.4 Å². The van der Waals surface area contributed by atoms with Crippen molar-refractivity contribution in [2.24, 2.45) is 0 Å². The van der Waals surface area contributed by atoms with Crippen molar-refractivity contribution in [1.29, 1.82) is 0 Å². The highest BCUT2D eigenvalue weighted by Gasteiger charge is 2.51. The molecule has 7 nitrogen and oxygen atoms in total. The number of nitrogens with one attached hydrogen (secondary N) is 1. The number of benzene rings is 1. The molecule has 0 aliphatic carbocycles. The molecule has 1 amide bonds. The second-order valence-corrected chi connectivity index (χ2v) is 5.51. The first-order valence-electron chi connectivity index (χ1n) is 7.69. The van der Waals surface area contributed by atoms with Crippen LogP contribution in [0.1, 0.15) is 37.6 Å². The number of carbonyl (C=O) groups is 4. The molecular weight excluding hydrogens is 350 g/mol. The first kappa shape index (κ1) is 20.6. The van der Waals surface area contributed by atoms with Gasteiger partial charge in [-0.25, -0.2) is 9.59 Å². The summed E-state index contributed by atoms with van der Waals surface area (Å²) in [5.41, 5.74) is -2.15. The lowest BCUT2D eigenvalue weighted by atomic mass is 9.89. The van der Waals surface area contributed by atoms with Gasteiger partial charge in [0, 0.05) is 12.5 Å². The van der Waals surface area contributed by atoms with Crippen molar-refractivity contribution in [3.05, 3.63) is 34.9 Å². The first-order valence-corrected chi connectivity index (χ1v) is 8.07. The topological polar surface area (TPSA) is 98.8 Å². The number of rotatable bonds is 8. The zero-order valence-corrected chi connectivity index (χ0v) is 15.0. The molecule has 1 aromatic rings. The Hall–Kier alpha value is -2.41. The molecule has 0 saturated carbocycles. The van der Waals surface area contributed by atoms with Gasteiger partial charge in [-0.3, -0.25) is 9.59 Å².